The van der Waals surface area contributed by atoms with Crippen LogP contribution in [0.1, 0.15) is 12.1 Å². The van der Waals surface area contributed by atoms with Gasteiger partial charge in [0.1, 0.15) is 11.5 Å². The smallest absolute Gasteiger partial charge is 0.281 e. The molecule has 66 valence electrons. The summed E-state index contributed by atoms with van der Waals surface area (Å²) in [6.07, 6.45) is -2.61. The number of aromatic nitrogens is 1. The molecule has 0 aliphatic carbocycles. The van der Waals surface area contributed by atoms with Gasteiger partial charge < -0.3 is 11.5 Å². The zero-order chi connectivity index (χ0) is 9.30. The molecule has 0 saturated heterocycles. The van der Waals surface area contributed by atoms with Gasteiger partial charge in [0.2, 0.25) is 0 Å². The van der Waals surface area contributed by atoms with Crippen LogP contribution in [-0.4, -0.2) is 4.98 Å². The first-order valence-electron chi connectivity index (χ1n) is 3.02. The molecule has 0 radical (unpaired) electrons. The highest BCUT2D eigenvalue weighted by molar-refractivity contribution is 14.1. The summed E-state index contributed by atoms with van der Waals surface area (Å²) in [4.78, 5) is 3.47. The molecular weight excluding hydrogens is 279 g/mol. The minimum absolute atomic E-state index is 0.0503. The number of halogens is 3. The van der Waals surface area contributed by atoms with Crippen LogP contribution in [0.15, 0.2) is 6.07 Å². The van der Waals surface area contributed by atoms with Crippen LogP contribution in [0.2, 0.25) is 0 Å². The van der Waals surface area contributed by atoms with Crippen LogP contribution in [0.25, 0.3) is 0 Å². The number of hydrogen-bond acceptors (Lipinski definition) is 3. The molecule has 1 rings (SSSR count). The SMILES string of the molecule is Nc1cc(I)c(C(F)F)nc1N. The van der Waals surface area contributed by atoms with E-state index in [1.165, 1.54) is 6.07 Å². The van der Waals surface area contributed by atoms with Gasteiger partial charge >= 0.3 is 0 Å². The van der Waals surface area contributed by atoms with E-state index in [1.54, 1.807) is 22.6 Å². The lowest BCUT2D eigenvalue weighted by Crippen LogP contribution is -2.03. The van der Waals surface area contributed by atoms with Crippen molar-refractivity contribution >= 4 is 34.1 Å². The fourth-order valence-corrected chi connectivity index (χ4v) is 1.38. The molecule has 0 aromatic carbocycles. The zero-order valence-corrected chi connectivity index (χ0v) is 8.05. The molecule has 0 aliphatic heterocycles. The summed E-state index contributed by atoms with van der Waals surface area (Å²) in [5.41, 5.74) is 10.5. The summed E-state index contributed by atoms with van der Waals surface area (Å²) in [7, 11) is 0. The lowest BCUT2D eigenvalue weighted by atomic mass is 10.3. The van der Waals surface area contributed by atoms with E-state index in [0.29, 0.717) is 3.57 Å². The summed E-state index contributed by atoms with van der Waals surface area (Å²) < 4.78 is 24.7. The third-order valence-electron chi connectivity index (χ3n) is 1.27. The first kappa shape index (κ1) is 9.43. The highest BCUT2D eigenvalue weighted by atomic mass is 127. The number of alkyl halides is 2. The van der Waals surface area contributed by atoms with Crippen LogP contribution in [0.3, 0.4) is 0 Å². The minimum atomic E-state index is -2.61. The molecule has 4 N–H and O–H groups in total. The predicted molar refractivity (Wildman–Crippen MR) is 50.7 cm³/mol. The Bertz CT molecular complexity index is 303. The van der Waals surface area contributed by atoms with Gasteiger partial charge in [-0.25, -0.2) is 13.8 Å². The van der Waals surface area contributed by atoms with Crippen LogP contribution in [0.4, 0.5) is 20.3 Å². The molecule has 3 nitrogen and oxygen atoms in total. The second-order valence-corrected chi connectivity index (χ2v) is 3.29. The minimum Gasteiger partial charge on any atom is -0.396 e. The Morgan fingerprint density at radius 1 is 1.42 bits per heavy atom. The Kier molecular flexibility index (Phi) is 2.65. The molecule has 0 unspecified atom stereocenters. The standard InChI is InChI=1S/C6H6F2IN3/c7-5(8)4-2(9)1-3(10)6(11)12-4/h1,5H,10H2,(H2,11,12). The van der Waals surface area contributed by atoms with Gasteiger partial charge in [-0.1, -0.05) is 0 Å². The average Bonchev–Trinajstić information content (AvgIpc) is 1.96. The maximum Gasteiger partial charge on any atom is 0.281 e. The third kappa shape index (κ3) is 1.74. The van der Waals surface area contributed by atoms with Crippen molar-refractivity contribution in [3.8, 4) is 0 Å². The molecular formula is C6H6F2IN3. The molecule has 0 bridgehead atoms. The Morgan fingerprint density at radius 2 is 2.00 bits per heavy atom. The molecule has 0 atom stereocenters. The molecule has 1 aromatic heterocycles. The number of anilines is 2. The van der Waals surface area contributed by atoms with Crippen LogP contribution >= 0.6 is 22.6 Å². The largest absolute Gasteiger partial charge is 0.396 e. The van der Waals surface area contributed by atoms with E-state index in [1.807, 2.05) is 0 Å². The monoisotopic (exact) mass is 285 g/mol. The van der Waals surface area contributed by atoms with Gasteiger partial charge in [-0.3, -0.25) is 0 Å². The van der Waals surface area contributed by atoms with Crippen LogP contribution in [-0.2, 0) is 0 Å². The van der Waals surface area contributed by atoms with Gasteiger partial charge in [0.25, 0.3) is 6.43 Å². The quantitative estimate of drug-likeness (QED) is 0.773. The lowest BCUT2D eigenvalue weighted by molar-refractivity contribution is 0.145. The predicted octanol–water partition coefficient (Wildman–Crippen LogP) is 1.79. The zero-order valence-electron chi connectivity index (χ0n) is 5.89. The summed E-state index contributed by atoms with van der Waals surface area (Å²) in [6.45, 7) is 0. The Balaban J connectivity index is 3.23. The number of nitrogen functional groups attached to an aromatic ring is 2. The maximum absolute atomic E-state index is 12.2. The normalized spacial score (nSPS) is 10.7. The number of hydrogen-bond donors (Lipinski definition) is 2. The fourth-order valence-electron chi connectivity index (χ4n) is 0.685. The van der Waals surface area contributed by atoms with E-state index in [9.17, 15) is 8.78 Å². The van der Waals surface area contributed by atoms with Gasteiger partial charge in [-0.15, -0.1) is 0 Å². The summed E-state index contributed by atoms with van der Waals surface area (Å²) in [6, 6.07) is 1.38. The van der Waals surface area contributed by atoms with Crippen molar-refractivity contribution in [1.29, 1.82) is 0 Å². The van der Waals surface area contributed by atoms with E-state index < -0.39 is 6.43 Å². The van der Waals surface area contributed by atoms with Crippen molar-refractivity contribution in [2.75, 3.05) is 11.5 Å². The molecule has 0 amide bonds. The molecule has 12 heavy (non-hydrogen) atoms. The summed E-state index contributed by atoms with van der Waals surface area (Å²) in [5.74, 6) is -0.0503. The third-order valence-corrected chi connectivity index (χ3v) is 2.13. The van der Waals surface area contributed by atoms with Gasteiger partial charge in [-0.05, 0) is 28.7 Å². The molecule has 1 aromatic rings. The van der Waals surface area contributed by atoms with Gasteiger partial charge in [-0.2, -0.15) is 0 Å². The van der Waals surface area contributed by atoms with Crippen molar-refractivity contribution in [3.05, 3.63) is 15.3 Å². The van der Waals surface area contributed by atoms with Crippen LogP contribution < -0.4 is 11.5 Å². The highest BCUT2D eigenvalue weighted by Gasteiger charge is 2.14. The summed E-state index contributed by atoms with van der Waals surface area (Å²) in [5, 5.41) is 0. The molecule has 0 saturated carbocycles. The van der Waals surface area contributed by atoms with Crippen molar-refractivity contribution in [2.24, 2.45) is 0 Å². The van der Waals surface area contributed by atoms with Crippen molar-refractivity contribution < 1.29 is 8.78 Å². The van der Waals surface area contributed by atoms with E-state index in [4.69, 9.17) is 11.5 Å². The Hall–Kier alpha value is -0.660. The van der Waals surface area contributed by atoms with E-state index in [0.717, 1.165) is 0 Å². The average molecular weight is 285 g/mol. The second kappa shape index (κ2) is 3.38. The fraction of sp³-hybridized carbons (Fsp3) is 0.167. The van der Waals surface area contributed by atoms with Gasteiger partial charge in [0, 0.05) is 3.57 Å². The number of rotatable bonds is 1. The second-order valence-electron chi connectivity index (χ2n) is 2.13. The Morgan fingerprint density at radius 3 is 2.50 bits per heavy atom. The van der Waals surface area contributed by atoms with E-state index in [2.05, 4.69) is 4.98 Å². The topological polar surface area (TPSA) is 64.9 Å². The van der Waals surface area contributed by atoms with Crippen molar-refractivity contribution in [3.63, 3.8) is 0 Å². The molecule has 6 heteroatoms. The van der Waals surface area contributed by atoms with E-state index in [-0.39, 0.29) is 17.2 Å². The molecule has 0 fully saturated rings. The van der Waals surface area contributed by atoms with Crippen LogP contribution in [0.5, 0.6) is 0 Å². The first-order chi connectivity index (χ1) is 5.52. The first-order valence-corrected chi connectivity index (χ1v) is 4.09. The van der Waals surface area contributed by atoms with Crippen molar-refractivity contribution in [1.82, 2.24) is 4.98 Å². The Labute approximate surface area is 81.3 Å². The van der Waals surface area contributed by atoms with Gasteiger partial charge in [0.15, 0.2) is 0 Å². The van der Waals surface area contributed by atoms with Crippen molar-refractivity contribution in [2.45, 2.75) is 6.43 Å². The number of nitrogens with zero attached hydrogens (tertiary/aromatic N) is 1. The summed E-state index contributed by atoms with van der Waals surface area (Å²) >= 11 is 1.74. The van der Waals surface area contributed by atoms with E-state index >= 15 is 0 Å². The molecule has 0 spiro atoms. The van der Waals surface area contributed by atoms with Crippen LogP contribution in [0, 0.1) is 3.57 Å². The maximum atomic E-state index is 12.2. The number of pyridine rings is 1. The highest BCUT2D eigenvalue weighted by Crippen LogP contribution is 2.26. The molecule has 1 heterocycles. The lowest BCUT2D eigenvalue weighted by Gasteiger charge is -2.05. The number of nitrogens with two attached hydrogens (primary N) is 2. The molecule has 0 aliphatic rings. The van der Waals surface area contributed by atoms with Gasteiger partial charge in [0.05, 0.1) is 5.69 Å².